The molecule has 0 radical (unpaired) electrons. The van der Waals surface area contributed by atoms with E-state index in [-0.39, 0.29) is 17.7 Å². The van der Waals surface area contributed by atoms with Gasteiger partial charge >= 0.3 is 0 Å². The summed E-state index contributed by atoms with van der Waals surface area (Å²) >= 11 is 0. The van der Waals surface area contributed by atoms with Gasteiger partial charge in [0.1, 0.15) is 0 Å². The van der Waals surface area contributed by atoms with Gasteiger partial charge in [0.15, 0.2) is 0 Å². The van der Waals surface area contributed by atoms with Gasteiger partial charge in [0.2, 0.25) is 5.91 Å². The topological polar surface area (TPSA) is 77.4 Å². The molecule has 1 amide bonds. The minimum Gasteiger partial charge on any atom is -0.379 e. The fraction of sp³-hybridized carbons (Fsp3) is 0.524. The first kappa shape index (κ1) is 20.5. The zero-order valence-corrected chi connectivity index (χ0v) is 16.9. The van der Waals surface area contributed by atoms with Crippen LogP contribution in [-0.2, 0) is 27.9 Å². The summed E-state index contributed by atoms with van der Waals surface area (Å²) in [6.45, 7) is 7.80. The highest BCUT2D eigenvalue weighted by Crippen LogP contribution is 2.29. The van der Waals surface area contributed by atoms with E-state index >= 15 is 0 Å². The van der Waals surface area contributed by atoms with E-state index in [0.29, 0.717) is 33.0 Å². The van der Waals surface area contributed by atoms with Gasteiger partial charge in [-0.05, 0) is 36.6 Å². The molecule has 0 aliphatic carbocycles. The highest BCUT2D eigenvalue weighted by molar-refractivity contribution is 5.94. The number of nitrogens with zero attached hydrogens (tertiary/aromatic N) is 2. The Morgan fingerprint density at radius 1 is 1.32 bits per heavy atom. The number of rotatable bonds is 9. The first-order valence-electron chi connectivity index (χ1n) is 9.84. The van der Waals surface area contributed by atoms with Crippen molar-refractivity contribution in [3.63, 3.8) is 0 Å². The van der Waals surface area contributed by atoms with E-state index in [0.717, 1.165) is 28.9 Å². The van der Waals surface area contributed by atoms with Crippen LogP contribution in [0.4, 0.5) is 5.69 Å². The Balaban J connectivity index is 1.62. The number of anilines is 1. The summed E-state index contributed by atoms with van der Waals surface area (Å²) in [5.41, 5.74) is 4.05. The van der Waals surface area contributed by atoms with Crippen LogP contribution in [0.3, 0.4) is 0 Å². The molecule has 2 heterocycles. The molecule has 2 N–H and O–H groups in total. The van der Waals surface area contributed by atoms with Crippen molar-refractivity contribution in [3.8, 4) is 0 Å². The third-order valence-electron chi connectivity index (χ3n) is 5.24. The lowest BCUT2D eigenvalue weighted by atomic mass is 9.90. The maximum atomic E-state index is 13.0. The first-order chi connectivity index (χ1) is 13.6. The van der Waals surface area contributed by atoms with Gasteiger partial charge in [-0.2, -0.15) is 5.10 Å². The van der Waals surface area contributed by atoms with Crippen molar-refractivity contribution in [3.05, 3.63) is 47.3 Å². The van der Waals surface area contributed by atoms with E-state index in [1.807, 2.05) is 51.5 Å². The van der Waals surface area contributed by atoms with Crippen LogP contribution in [0.5, 0.6) is 0 Å². The Bertz CT molecular complexity index is 790. The molecule has 2 aromatic rings. The normalized spacial score (nSPS) is 19.1. The van der Waals surface area contributed by atoms with Crippen LogP contribution in [0.1, 0.15) is 29.5 Å². The summed E-state index contributed by atoms with van der Waals surface area (Å²) < 4.78 is 12.8. The number of carbonyl (C=O) groups excluding carboxylic acids is 1. The Morgan fingerprint density at radius 3 is 2.89 bits per heavy atom. The highest BCUT2D eigenvalue weighted by atomic mass is 16.5. The van der Waals surface area contributed by atoms with E-state index in [2.05, 4.69) is 15.7 Å². The van der Waals surface area contributed by atoms with Gasteiger partial charge in [-0.3, -0.25) is 9.48 Å². The van der Waals surface area contributed by atoms with E-state index in [1.54, 1.807) is 4.68 Å². The van der Waals surface area contributed by atoms with Crippen molar-refractivity contribution in [1.29, 1.82) is 0 Å². The van der Waals surface area contributed by atoms with Gasteiger partial charge in [-0.15, -0.1) is 0 Å². The molecular formula is C21H30N4O3. The number of carbonyl (C=O) groups is 1. The molecule has 1 aromatic carbocycles. The lowest BCUT2D eigenvalue weighted by Gasteiger charge is -2.19. The minimum absolute atomic E-state index is 0.0383. The van der Waals surface area contributed by atoms with Gasteiger partial charge in [0.05, 0.1) is 31.9 Å². The van der Waals surface area contributed by atoms with Crippen molar-refractivity contribution in [2.45, 2.75) is 26.4 Å². The van der Waals surface area contributed by atoms with Crippen LogP contribution in [0.25, 0.3) is 0 Å². The molecular weight excluding hydrogens is 356 g/mol. The molecule has 28 heavy (non-hydrogen) atoms. The monoisotopic (exact) mass is 386 g/mol. The Labute approximate surface area is 166 Å². The van der Waals surface area contributed by atoms with Crippen LogP contribution >= 0.6 is 0 Å². The summed E-state index contributed by atoms with van der Waals surface area (Å²) in [5.74, 6) is 0.0603. The number of ether oxygens (including phenoxy) is 2. The van der Waals surface area contributed by atoms with E-state index in [4.69, 9.17) is 9.47 Å². The van der Waals surface area contributed by atoms with Crippen molar-refractivity contribution in [2.75, 3.05) is 38.2 Å². The fourth-order valence-electron chi connectivity index (χ4n) is 3.58. The summed E-state index contributed by atoms with van der Waals surface area (Å²) in [6.07, 6.45) is 3.84. The summed E-state index contributed by atoms with van der Waals surface area (Å²) in [4.78, 5) is 13.0. The summed E-state index contributed by atoms with van der Waals surface area (Å²) in [7, 11) is 1.90. The smallest absolute Gasteiger partial charge is 0.229 e. The lowest BCUT2D eigenvalue weighted by Crippen LogP contribution is -2.28. The molecule has 2 atom stereocenters. The zero-order valence-electron chi connectivity index (χ0n) is 16.9. The van der Waals surface area contributed by atoms with Crippen molar-refractivity contribution in [2.24, 2.45) is 13.0 Å². The van der Waals surface area contributed by atoms with Crippen LogP contribution in [0, 0.1) is 12.8 Å². The molecule has 0 unspecified atom stereocenters. The maximum Gasteiger partial charge on any atom is 0.229 e. The average Bonchev–Trinajstić information content (AvgIpc) is 3.33. The SMILES string of the molecule is CCOCCOCc1cccc(NC(=O)[C@H]2CNC[C@@H]2c2cnn(C)c2)c1C. The molecule has 0 saturated carbocycles. The number of hydrogen-bond acceptors (Lipinski definition) is 5. The Kier molecular flexibility index (Phi) is 7.19. The predicted octanol–water partition coefficient (Wildman–Crippen LogP) is 2.22. The number of aromatic nitrogens is 2. The molecule has 1 aliphatic heterocycles. The van der Waals surface area contributed by atoms with Crippen LogP contribution < -0.4 is 10.6 Å². The number of amides is 1. The van der Waals surface area contributed by atoms with Crippen molar-refractivity contribution in [1.82, 2.24) is 15.1 Å². The molecule has 7 heteroatoms. The van der Waals surface area contributed by atoms with E-state index in [1.165, 1.54) is 0 Å². The largest absolute Gasteiger partial charge is 0.379 e. The second kappa shape index (κ2) is 9.82. The summed E-state index contributed by atoms with van der Waals surface area (Å²) in [5, 5.41) is 10.7. The highest BCUT2D eigenvalue weighted by Gasteiger charge is 2.34. The van der Waals surface area contributed by atoms with Crippen LogP contribution in [-0.4, -0.2) is 48.6 Å². The predicted molar refractivity (Wildman–Crippen MR) is 108 cm³/mol. The molecule has 0 bridgehead atoms. The third-order valence-corrected chi connectivity index (χ3v) is 5.24. The zero-order chi connectivity index (χ0) is 19.9. The fourth-order valence-corrected chi connectivity index (χ4v) is 3.58. The van der Waals surface area contributed by atoms with Crippen molar-refractivity contribution >= 4 is 11.6 Å². The average molecular weight is 386 g/mol. The molecule has 1 aliphatic rings. The number of nitrogens with one attached hydrogen (secondary N) is 2. The van der Waals surface area contributed by atoms with Gasteiger partial charge in [0.25, 0.3) is 0 Å². The maximum absolute atomic E-state index is 13.0. The number of aryl methyl sites for hydroxylation is 1. The molecule has 1 fully saturated rings. The molecule has 0 spiro atoms. The molecule has 7 nitrogen and oxygen atoms in total. The van der Waals surface area contributed by atoms with Crippen LogP contribution in [0.15, 0.2) is 30.6 Å². The lowest BCUT2D eigenvalue weighted by molar-refractivity contribution is -0.119. The summed E-state index contributed by atoms with van der Waals surface area (Å²) in [6, 6.07) is 5.93. The Hall–Kier alpha value is -2.22. The van der Waals surface area contributed by atoms with Gasteiger partial charge in [0, 0.05) is 44.5 Å². The molecule has 1 saturated heterocycles. The number of benzene rings is 1. The van der Waals surface area contributed by atoms with Crippen LogP contribution in [0.2, 0.25) is 0 Å². The second-order valence-corrected chi connectivity index (χ2v) is 7.15. The van der Waals surface area contributed by atoms with Gasteiger partial charge in [-0.25, -0.2) is 0 Å². The molecule has 1 aromatic heterocycles. The third kappa shape index (κ3) is 4.98. The van der Waals surface area contributed by atoms with E-state index < -0.39 is 0 Å². The van der Waals surface area contributed by atoms with Crippen molar-refractivity contribution < 1.29 is 14.3 Å². The Morgan fingerprint density at radius 2 is 2.14 bits per heavy atom. The van der Waals surface area contributed by atoms with E-state index in [9.17, 15) is 4.79 Å². The second-order valence-electron chi connectivity index (χ2n) is 7.15. The minimum atomic E-state index is -0.116. The number of hydrogen-bond donors (Lipinski definition) is 2. The molecule has 3 rings (SSSR count). The van der Waals surface area contributed by atoms with Gasteiger partial charge < -0.3 is 20.1 Å². The quantitative estimate of drug-likeness (QED) is 0.646. The molecule has 152 valence electrons. The van der Waals surface area contributed by atoms with Gasteiger partial charge in [-0.1, -0.05) is 12.1 Å². The standard InChI is InChI=1S/C21H30N4O3/c1-4-27-8-9-28-14-16-6-5-7-20(15(16)2)24-21(26)19-12-22-11-18(19)17-10-23-25(3)13-17/h5-7,10,13,18-19,22H,4,8-9,11-12,14H2,1-3H3,(H,24,26)/t18-,19+/m1/s1. The first-order valence-corrected chi connectivity index (χ1v) is 9.84.